The Balaban J connectivity index is 1.71. The molecule has 0 aliphatic carbocycles. The first-order valence-corrected chi connectivity index (χ1v) is 11.4. The lowest BCUT2D eigenvalue weighted by molar-refractivity contribution is 0.0947. The molecule has 3 aromatic carbocycles. The Morgan fingerprint density at radius 3 is 2.39 bits per heavy atom. The molecule has 158 valence electrons. The Labute approximate surface area is 181 Å². The number of carbonyl (C=O) groups excluding carboxylic acids is 2. The second-order valence-electron chi connectivity index (χ2n) is 7.40. The summed E-state index contributed by atoms with van der Waals surface area (Å²) in [5.74, 6) is -0.747. The van der Waals surface area contributed by atoms with E-state index in [4.69, 9.17) is 0 Å². The van der Waals surface area contributed by atoms with Gasteiger partial charge in [0.1, 0.15) is 0 Å². The molecule has 0 atom stereocenters. The number of aryl methyl sites for hydroxylation is 1. The summed E-state index contributed by atoms with van der Waals surface area (Å²) < 4.78 is 26.5. The van der Waals surface area contributed by atoms with Crippen LogP contribution < -0.4 is 10.2 Å². The topological polar surface area (TPSA) is 83.6 Å². The molecular formula is C24H22N2O4S. The van der Waals surface area contributed by atoms with Crippen molar-refractivity contribution in [3.63, 3.8) is 0 Å². The van der Waals surface area contributed by atoms with Crippen LogP contribution in [0.5, 0.6) is 0 Å². The van der Waals surface area contributed by atoms with Gasteiger partial charge in [0.2, 0.25) is 9.84 Å². The van der Waals surface area contributed by atoms with Crippen molar-refractivity contribution in [1.29, 1.82) is 0 Å². The van der Waals surface area contributed by atoms with Gasteiger partial charge in [-0.15, -0.1) is 0 Å². The predicted molar refractivity (Wildman–Crippen MR) is 118 cm³/mol. The highest BCUT2D eigenvalue weighted by Crippen LogP contribution is 2.37. The molecule has 6 nitrogen and oxygen atoms in total. The lowest BCUT2D eigenvalue weighted by atomic mass is 10.1. The first-order valence-electron chi connectivity index (χ1n) is 9.96. The van der Waals surface area contributed by atoms with E-state index >= 15 is 0 Å². The molecule has 0 unspecified atom stereocenters. The molecule has 0 spiro atoms. The van der Waals surface area contributed by atoms with Crippen molar-refractivity contribution in [2.75, 3.05) is 11.4 Å². The Kier molecular flexibility index (Phi) is 5.37. The van der Waals surface area contributed by atoms with Crippen LogP contribution in [0.4, 0.5) is 5.69 Å². The van der Waals surface area contributed by atoms with Crippen molar-refractivity contribution in [3.05, 3.63) is 89.0 Å². The third-order valence-corrected chi connectivity index (χ3v) is 7.20. The average molecular weight is 435 g/mol. The van der Waals surface area contributed by atoms with E-state index in [0.29, 0.717) is 12.1 Å². The third kappa shape index (κ3) is 3.72. The molecule has 1 N–H and O–H groups in total. The molecule has 2 amide bonds. The summed E-state index contributed by atoms with van der Waals surface area (Å²) in [6.07, 6.45) is 0. The van der Waals surface area contributed by atoms with Gasteiger partial charge in [-0.1, -0.05) is 42.0 Å². The molecule has 0 aromatic heterocycles. The standard InChI is InChI=1S/C24H22N2O4S/c1-3-26-20-14-18(23(27)25-15-17-10-8-16(2)9-11-17)12-13-22(20)31(29,30)21-7-5-4-6-19(21)24(26)28/h4-14H,3,15H2,1-2H3,(H,25,27). The van der Waals surface area contributed by atoms with Gasteiger partial charge in [0.25, 0.3) is 11.8 Å². The first-order chi connectivity index (χ1) is 14.8. The van der Waals surface area contributed by atoms with E-state index in [1.807, 2.05) is 31.2 Å². The van der Waals surface area contributed by atoms with Gasteiger partial charge in [0, 0.05) is 18.7 Å². The zero-order chi connectivity index (χ0) is 22.2. The molecule has 0 saturated carbocycles. The van der Waals surface area contributed by atoms with Crippen molar-refractivity contribution in [2.45, 2.75) is 30.2 Å². The van der Waals surface area contributed by atoms with Crippen LogP contribution in [0.3, 0.4) is 0 Å². The smallest absolute Gasteiger partial charge is 0.259 e. The number of fused-ring (bicyclic) bond motifs is 2. The number of carbonyl (C=O) groups is 2. The fraction of sp³-hybridized carbons (Fsp3) is 0.167. The number of hydrogen-bond acceptors (Lipinski definition) is 4. The van der Waals surface area contributed by atoms with Crippen LogP contribution in [0.1, 0.15) is 38.8 Å². The summed E-state index contributed by atoms with van der Waals surface area (Å²) in [5, 5.41) is 2.85. The van der Waals surface area contributed by atoms with Crippen LogP contribution in [0.15, 0.2) is 76.5 Å². The van der Waals surface area contributed by atoms with Crippen LogP contribution in [-0.4, -0.2) is 26.8 Å². The minimum Gasteiger partial charge on any atom is -0.348 e. The van der Waals surface area contributed by atoms with Crippen molar-refractivity contribution in [2.24, 2.45) is 0 Å². The van der Waals surface area contributed by atoms with Gasteiger partial charge in [-0.2, -0.15) is 0 Å². The highest BCUT2D eigenvalue weighted by molar-refractivity contribution is 7.91. The van der Waals surface area contributed by atoms with E-state index in [0.717, 1.165) is 11.1 Å². The first kappa shape index (κ1) is 20.8. The zero-order valence-corrected chi connectivity index (χ0v) is 18.1. The van der Waals surface area contributed by atoms with E-state index < -0.39 is 15.7 Å². The summed E-state index contributed by atoms with van der Waals surface area (Å²) in [5.41, 5.74) is 2.72. The van der Waals surface area contributed by atoms with Gasteiger partial charge >= 0.3 is 0 Å². The van der Waals surface area contributed by atoms with Gasteiger partial charge in [0.15, 0.2) is 0 Å². The number of nitrogens with zero attached hydrogens (tertiary/aromatic N) is 1. The maximum absolute atomic E-state index is 13.3. The maximum Gasteiger partial charge on any atom is 0.259 e. The highest BCUT2D eigenvalue weighted by Gasteiger charge is 2.35. The lowest BCUT2D eigenvalue weighted by Crippen LogP contribution is -2.31. The molecule has 31 heavy (non-hydrogen) atoms. The number of benzene rings is 3. The number of anilines is 1. The van der Waals surface area contributed by atoms with Crippen molar-refractivity contribution in [1.82, 2.24) is 5.32 Å². The highest BCUT2D eigenvalue weighted by atomic mass is 32.2. The van der Waals surface area contributed by atoms with E-state index in [2.05, 4.69) is 5.32 Å². The lowest BCUT2D eigenvalue weighted by Gasteiger charge is -2.21. The Hall–Kier alpha value is -3.45. The van der Waals surface area contributed by atoms with Crippen LogP contribution in [0.25, 0.3) is 0 Å². The summed E-state index contributed by atoms with van der Waals surface area (Å²) in [4.78, 5) is 27.2. The van der Waals surface area contributed by atoms with Crippen molar-refractivity contribution >= 4 is 27.3 Å². The van der Waals surface area contributed by atoms with Crippen LogP contribution in [0, 0.1) is 6.92 Å². The maximum atomic E-state index is 13.3. The van der Waals surface area contributed by atoms with Crippen LogP contribution in [0.2, 0.25) is 0 Å². The van der Waals surface area contributed by atoms with E-state index in [1.165, 1.54) is 35.2 Å². The summed E-state index contributed by atoms with van der Waals surface area (Å²) >= 11 is 0. The quantitative estimate of drug-likeness (QED) is 0.678. The Morgan fingerprint density at radius 1 is 0.968 bits per heavy atom. The molecule has 0 radical (unpaired) electrons. The molecule has 7 heteroatoms. The zero-order valence-electron chi connectivity index (χ0n) is 17.3. The largest absolute Gasteiger partial charge is 0.348 e. The fourth-order valence-corrected chi connectivity index (χ4v) is 5.28. The minimum absolute atomic E-state index is 0.0164. The monoisotopic (exact) mass is 434 g/mol. The molecule has 1 heterocycles. The summed E-state index contributed by atoms with van der Waals surface area (Å²) in [7, 11) is -3.91. The van der Waals surface area contributed by atoms with Gasteiger partial charge in [0.05, 0.1) is 21.0 Å². The fourth-order valence-electron chi connectivity index (χ4n) is 3.65. The van der Waals surface area contributed by atoms with Crippen LogP contribution >= 0.6 is 0 Å². The van der Waals surface area contributed by atoms with Crippen LogP contribution in [-0.2, 0) is 16.4 Å². The van der Waals surface area contributed by atoms with E-state index in [1.54, 1.807) is 19.1 Å². The van der Waals surface area contributed by atoms with Crippen molar-refractivity contribution in [3.8, 4) is 0 Å². The second kappa shape index (κ2) is 8.00. The van der Waals surface area contributed by atoms with E-state index in [9.17, 15) is 18.0 Å². The number of sulfone groups is 1. The number of amides is 2. The number of hydrogen-bond donors (Lipinski definition) is 1. The molecule has 0 bridgehead atoms. The summed E-state index contributed by atoms with van der Waals surface area (Å²) in [6.45, 7) is 4.37. The Bertz CT molecular complexity index is 1280. The molecule has 4 rings (SSSR count). The molecule has 3 aromatic rings. The number of nitrogens with one attached hydrogen (secondary N) is 1. The SMILES string of the molecule is CCN1C(=O)c2ccccc2S(=O)(=O)c2ccc(C(=O)NCc3ccc(C)cc3)cc21. The van der Waals surface area contributed by atoms with Gasteiger partial charge in [-0.25, -0.2) is 8.42 Å². The minimum atomic E-state index is -3.91. The van der Waals surface area contributed by atoms with Crippen molar-refractivity contribution < 1.29 is 18.0 Å². The van der Waals surface area contributed by atoms with Gasteiger partial charge < -0.3 is 10.2 Å². The normalized spacial score (nSPS) is 14.4. The molecule has 0 saturated heterocycles. The van der Waals surface area contributed by atoms with Gasteiger partial charge in [-0.3, -0.25) is 9.59 Å². The Morgan fingerprint density at radius 2 is 1.68 bits per heavy atom. The average Bonchev–Trinajstić information content (AvgIpc) is 2.85. The molecule has 1 aliphatic heterocycles. The van der Waals surface area contributed by atoms with E-state index in [-0.39, 0.29) is 33.5 Å². The molecule has 0 fully saturated rings. The van der Waals surface area contributed by atoms with Gasteiger partial charge in [-0.05, 0) is 49.7 Å². The predicted octanol–water partition coefficient (Wildman–Crippen LogP) is 3.74. The third-order valence-electron chi connectivity index (χ3n) is 5.34. The molecule has 1 aliphatic rings. The summed E-state index contributed by atoms with van der Waals surface area (Å²) in [6, 6.07) is 18.4. The number of rotatable bonds is 4. The molecular weight excluding hydrogens is 412 g/mol. The second-order valence-corrected chi connectivity index (χ2v) is 9.29.